The number of fused-ring (bicyclic) bond motifs is 1. The molecule has 1 amide bonds. The highest BCUT2D eigenvalue weighted by Gasteiger charge is 2.42. The predicted octanol–water partition coefficient (Wildman–Crippen LogP) is 3.87. The summed E-state index contributed by atoms with van der Waals surface area (Å²) in [6, 6.07) is 8.72. The van der Waals surface area contributed by atoms with Crippen molar-refractivity contribution in [1.29, 1.82) is 0 Å². The molecule has 3 N–H and O–H groups in total. The van der Waals surface area contributed by atoms with Gasteiger partial charge in [0.2, 0.25) is 17.1 Å². The molecule has 8 heteroatoms. The number of aromatic hydroxyl groups is 1. The van der Waals surface area contributed by atoms with Crippen molar-refractivity contribution in [1.82, 2.24) is 15.3 Å². The van der Waals surface area contributed by atoms with Gasteiger partial charge in [0.25, 0.3) is 0 Å². The van der Waals surface area contributed by atoms with Crippen LogP contribution in [0, 0.1) is 12.8 Å². The third kappa shape index (κ3) is 4.66. The fraction of sp³-hybridized carbons (Fsp3) is 0.480. The summed E-state index contributed by atoms with van der Waals surface area (Å²) in [6.45, 7) is 6.66. The van der Waals surface area contributed by atoms with Crippen LogP contribution in [-0.4, -0.2) is 34.2 Å². The zero-order chi connectivity index (χ0) is 23.6. The molecule has 2 atom stereocenters. The number of carbonyl (C=O) groups is 1. The van der Waals surface area contributed by atoms with Crippen LogP contribution in [0.15, 0.2) is 39.5 Å². The molecule has 4 rings (SSSR count). The predicted molar refractivity (Wildman–Crippen MR) is 124 cm³/mol. The van der Waals surface area contributed by atoms with Crippen LogP contribution in [0.25, 0.3) is 11.0 Å². The fourth-order valence-electron chi connectivity index (χ4n) is 4.58. The standard InChI is InChI=1S/C25H31N3O5/c1-4-15(2)21(24-26-17-7-5-6-8-18(17)27-24)28-20(30)14-25(9-11-32-12-10-25)23-22(31)19(29)13-16(3)33-23/h5-8,13,15,21,31H,4,9-12,14H2,1-3H3,(H,26,27)(H,28,30). The molecule has 1 aliphatic heterocycles. The first-order valence-corrected chi connectivity index (χ1v) is 11.5. The van der Waals surface area contributed by atoms with Gasteiger partial charge in [-0.25, -0.2) is 4.98 Å². The molecule has 33 heavy (non-hydrogen) atoms. The van der Waals surface area contributed by atoms with E-state index in [9.17, 15) is 14.7 Å². The lowest BCUT2D eigenvalue weighted by atomic mass is 9.74. The van der Waals surface area contributed by atoms with E-state index in [0.717, 1.165) is 17.5 Å². The van der Waals surface area contributed by atoms with Crippen molar-refractivity contribution in [2.24, 2.45) is 5.92 Å². The number of aromatic amines is 1. The number of para-hydroxylation sites is 2. The Hall–Kier alpha value is -3.13. The SMILES string of the molecule is CCC(C)C(NC(=O)CC1(c2oc(C)cc(=O)c2O)CCOCC1)c1nc2ccccc2[nH]1. The summed E-state index contributed by atoms with van der Waals surface area (Å²) in [6.07, 6.45) is 1.87. The number of aryl methyl sites for hydroxylation is 1. The monoisotopic (exact) mass is 453 g/mol. The van der Waals surface area contributed by atoms with Crippen LogP contribution < -0.4 is 10.7 Å². The molecular weight excluding hydrogens is 422 g/mol. The topological polar surface area (TPSA) is 117 Å². The molecule has 8 nitrogen and oxygen atoms in total. The number of carbonyl (C=O) groups excluding carboxylic acids is 1. The molecule has 0 spiro atoms. The van der Waals surface area contributed by atoms with Crippen LogP contribution in [0.2, 0.25) is 0 Å². The summed E-state index contributed by atoms with van der Waals surface area (Å²) >= 11 is 0. The van der Waals surface area contributed by atoms with Crippen LogP contribution in [0.5, 0.6) is 5.75 Å². The Balaban J connectivity index is 1.64. The van der Waals surface area contributed by atoms with Gasteiger partial charge in [0.15, 0.2) is 5.76 Å². The number of imidazole rings is 1. The molecule has 1 fully saturated rings. The molecule has 3 heterocycles. The molecule has 0 aliphatic carbocycles. The van der Waals surface area contributed by atoms with Gasteiger partial charge in [0, 0.05) is 31.1 Å². The smallest absolute Gasteiger partial charge is 0.227 e. The number of hydrogen-bond donors (Lipinski definition) is 3. The molecule has 1 aliphatic rings. The highest BCUT2D eigenvalue weighted by atomic mass is 16.5. The van der Waals surface area contributed by atoms with Crippen molar-refractivity contribution < 1.29 is 19.1 Å². The summed E-state index contributed by atoms with van der Waals surface area (Å²) in [5.41, 5.74) is 0.454. The molecule has 0 radical (unpaired) electrons. The van der Waals surface area contributed by atoms with Crippen molar-refractivity contribution in [3.8, 4) is 5.75 Å². The normalized spacial score (nSPS) is 17.5. The lowest BCUT2D eigenvalue weighted by molar-refractivity contribution is -0.124. The molecule has 2 aromatic heterocycles. The van der Waals surface area contributed by atoms with Gasteiger partial charge < -0.3 is 24.6 Å². The lowest BCUT2D eigenvalue weighted by Crippen LogP contribution is -2.42. The van der Waals surface area contributed by atoms with Crippen LogP contribution in [0.4, 0.5) is 0 Å². The van der Waals surface area contributed by atoms with E-state index in [1.54, 1.807) is 6.92 Å². The number of nitrogens with zero attached hydrogens (tertiary/aromatic N) is 1. The first kappa shape index (κ1) is 23.0. The number of aromatic nitrogens is 2. The van der Waals surface area contributed by atoms with Crippen LogP contribution >= 0.6 is 0 Å². The third-order valence-electron chi connectivity index (χ3n) is 6.71. The molecule has 176 valence electrons. The van der Waals surface area contributed by atoms with E-state index in [0.29, 0.717) is 37.6 Å². The molecule has 0 bridgehead atoms. The van der Waals surface area contributed by atoms with Crippen molar-refractivity contribution >= 4 is 16.9 Å². The maximum Gasteiger partial charge on any atom is 0.227 e. The zero-order valence-corrected chi connectivity index (χ0v) is 19.3. The second-order valence-corrected chi connectivity index (χ2v) is 9.04. The molecule has 1 aromatic carbocycles. The average Bonchev–Trinajstić information content (AvgIpc) is 3.24. The Kier molecular flexibility index (Phi) is 6.56. The minimum atomic E-state index is -0.814. The van der Waals surface area contributed by atoms with E-state index in [-0.39, 0.29) is 30.0 Å². The van der Waals surface area contributed by atoms with Crippen molar-refractivity contribution in [2.75, 3.05) is 13.2 Å². The average molecular weight is 454 g/mol. The van der Waals surface area contributed by atoms with Crippen LogP contribution in [0.3, 0.4) is 0 Å². The first-order chi connectivity index (χ1) is 15.8. The van der Waals surface area contributed by atoms with E-state index in [1.165, 1.54) is 6.07 Å². The van der Waals surface area contributed by atoms with Crippen LogP contribution in [0.1, 0.15) is 62.9 Å². The van der Waals surface area contributed by atoms with Crippen molar-refractivity contribution in [3.63, 3.8) is 0 Å². The van der Waals surface area contributed by atoms with E-state index >= 15 is 0 Å². The van der Waals surface area contributed by atoms with E-state index in [1.807, 2.05) is 24.3 Å². The Morgan fingerprint density at radius 3 is 2.73 bits per heavy atom. The van der Waals surface area contributed by atoms with E-state index < -0.39 is 16.6 Å². The van der Waals surface area contributed by atoms with Gasteiger partial charge in [-0.1, -0.05) is 32.4 Å². The molecule has 2 unspecified atom stereocenters. The van der Waals surface area contributed by atoms with Gasteiger partial charge in [-0.15, -0.1) is 0 Å². The summed E-state index contributed by atoms with van der Waals surface area (Å²) < 4.78 is 11.3. The zero-order valence-electron chi connectivity index (χ0n) is 19.3. The Labute approximate surface area is 192 Å². The summed E-state index contributed by atoms with van der Waals surface area (Å²) in [4.78, 5) is 33.7. The van der Waals surface area contributed by atoms with Gasteiger partial charge in [0.05, 0.1) is 17.1 Å². The minimum Gasteiger partial charge on any atom is -0.502 e. The van der Waals surface area contributed by atoms with Gasteiger partial charge in [-0.3, -0.25) is 9.59 Å². The van der Waals surface area contributed by atoms with Crippen LogP contribution in [-0.2, 0) is 14.9 Å². The van der Waals surface area contributed by atoms with Gasteiger partial charge in [0.1, 0.15) is 11.6 Å². The van der Waals surface area contributed by atoms with Crippen molar-refractivity contribution in [2.45, 2.75) is 57.9 Å². The van der Waals surface area contributed by atoms with Gasteiger partial charge in [-0.05, 0) is 37.8 Å². The minimum absolute atomic E-state index is 0.0729. The number of H-pyrrole nitrogens is 1. The largest absolute Gasteiger partial charge is 0.502 e. The molecule has 3 aromatic rings. The molecular formula is C25H31N3O5. The third-order valence-corrected chi connectivity index (χ3v) is 6.71. The number of ether oxygens (including phenoxy) is 1. The first-order valence-electron chi connectivity index (χ1n) is 11.5. The Bertz CT molecular complexity index is 1160. The fourth-order valence-corrected chi connectivity index (χ4v) is 4.58. The summed E-state index contributed by atoms with van der Waals surface area (Å²) in [5.74, 6) is 0.821. The second kappa shape index (κ2) is 9.39. The number of benzene rings is 1. The summed E-state index contributed by atoms with van der Waals surface area (Å²) in [5, 5.41) is 13.7. The number of hydrogen-bond acceptors (Lipinski definition) is 6. The number of rotatable bonds is 7. The molecule has 1 saturated heterocycles. The van der Waals surface area contributed by atoms with E-state index in [4.69, 9.17) is 14.1 Å². The quantitative estimate of drug-likeness (QED) is 0.500. The Morgan fingerprint density at radius 1 is 1.30 bits per heavy atom. The van der Waals surface area contributed by atoms with E-state index in [2.05, 4.69) is 24.1 Å². The highest BCUT2D eigenvalue weighted by Crippen LogP contribution is 2.41. The lowest BCUT2D eigenvalue weighted by Gasteiger charge is -2.36. The Morgan fingerprint density at radius 2 is 2.03 bits per heavy atom. The number of amides is 1. The summed E-state index contributed by atoms with van der Waals surface area (Å²) in [7, 11) is 0. The van der Waals surface area contributed by atoms with Crippen molar-refractivity contribution in [3.05, 3.63) is 57.9 Å². The maximum atomic E-state index is 13.4. The highest BCUT2D eigenvalue weighted by molar-refractivity contribution is 5.79. The van der Waals surface area contributed by atoms with Gasteiger partial charge in [-0.2, -0.15) is 0 Å². The number of nitrogens with one attached hydrogen (secondary N) is 2. The molecule has 0 saturated carbocycles. The van der Waals surface area contributed by atoms with Gasteiger partial charge >= 0.3 is 0 Å². The second-order valence-electron chi connectivity index (χ2n) is 9.04. The maximum absolute atomic E-state index is 13.4.